The Hall–Kier alpha value is -6.62. The first-order valence-corrected chi connectivity index (χ1v) is 16.7. The first kappa shape index (κ1) is 27.2. The molecular weight excluding hydrogens is 650 g/mol. The van der Waals surface area contributed by atoms with Crippen LogP contribution in [0.4, 0.5) is 5.82 Å². The molecule has 51 heavy (non-hydrogen) atoms. The molecule has 0 aliphatic carbocycles. The highest BCUT2D eigenvalue weighted by molar-refractivity contribution is 6.18. The van der Waals surface area contributed by atoms with Crippen molar-refractivity contribution in [3.05, 3.63) is 78.3 Å². The first-order chi connectivity index (χ1) is 25.1. The maximum Gasteiger partial charge on any atom is 0.350 e. The minimum atomic E-state index is 0.143. The van der Waals surface area contributed by atoms with E-state index in [4.69, 9.17) is 37.9 Å². The summed E-state index contributed by atoms with van der Waals surface area (Å²) in [5, 5.41) is 10.1. The number of ether oxygens (including phenoxy) is 8. The molecule has 0 fully saturated rings. The zero-order valence-electron chi connectivity index (χ0n) is 27.4. The fraction of sp³-hybridized carbons (Fsp3) is 0.150. The Kier molecular flexibility index (Phi) is 5.09. The maximum absolute atomic E-state index is 6.21. The van der Waals surface area contributed by atoms with Gasteiger partial charge in [-0.25, -0.2) is 0 Å². The summed E-state index contributed by atoms with van der Waals surface area (Å²) < 4.78 is 51.9. The van der Waals surface area contributed by atoms with Crippen LogP contribution < -0.4 is 52.9 Å². The van der Waals surface area contributed by atoms with Crippen molar-refractivity contribution in [3.63, 3.8) is 0 Å². The molecule has 0 radical (unpaired) electrons. The molecule has 12 rings (SSSR count). The largest absolute Gasteiger partial charge is 0.454 e. The highest BCUT2D eigenvalue weighted by Crippen LogP contribution is 2.46. The summed E-state index contributed by atoms with van der Waals surface area (Å²) in [4.78, 5) is 3.95. The third kappa shape index (κ3) is 3.51. The number of hydrogen-bond acceptors (Lipinski definition) is 8. The minimum absolute atomic E-state index is 0.143. The van der Waals surface area contributed by atoms with Gasteiger partial charge in [0, 0.05) is 32.3 Å². The molecule has 248 valence electrons. The molecule has 4 aliphatic rings. The van der Waals surface area contributed by atoms with E-state index in [9.17, 15) is 0 Å². The zero-order valence-corrected chi connectivity index (χ0v) is 27.4. The summed E-state index contributed by atoms with van der Waals surface area (Å²) in [7, 11) is 4.15. The Bertz CT molecular complexity index is 3030. The van der Waals surface area contributed by atoms with Crippen LogP contribution in [0.3, 0.4) is 0 Å². The number of nitrogens with one attached hydrogen (secondary N) is 1. The number of rotatable bonds is 1. The van der Waals surface area contributed by atoms with Crippen LogP contribution in [0.1, 0.15) is 0 Å². The average molecular weight is 678 g/mol. The van der Waals surface area contributed by atoms with Gasteiger partial charge >= 0.3 is 11.3 Å². The van der Waals surface area contributed by atoms with Crippen molar-refractivity contribution >= 4 is 70.7 Å². The topological polar surface area (TPSA) is 96.6 Å². The number of pyridine rings is 2. The van der Waals surface area contributed by atoms with E-state index in [1.807, 2.05) is 24.3 Å². The van der Waals surface area contributed by atoms with Gasteiger partial charge in [0.1, 0.15) is 24.9 Å². The van der Waals surface area contributed by atoms with E-state index in [0.29, 0.717) is 23.0 Å². The van der Waals surface area contributed by atoms with Gasteiger partial charge in [-0.15, -0.1) is 0 Å². The summed E-state index contributed by atoms with van der Waals surface area (Å²) in [6.45, 7) is 0.689. The van der Waals surface area contributed by atoms with Crippen LogP contribution in [0.15, 0.2) is 72.8 Å². The molecule has 2 aromatic heterocycles. The van der Waals surface area contributed by atoms with Crippen LogP contribution in [0, 0.1) is 0 Å². The fourth-order valence-corrected chi connectivity index (χ4v) is 8.38. The molecule has 0 saturated heterocycles. The Balaban J connectivity index is 1.30. The van der Waals surface area contributed by atoms with Crippen molar-refractivity contribution in [2.45, 2.75) is 0 Å². The van der Waals surface area contributed by atoms with Crippen molar-refractivity contribution in [3.8, 4) is 46.0 Å². The average Bonchev–Trinajstić information content (AvgIpc) is 3.98. The SMILES string of the molecule is Cn1c(=[NH+]c2c3c4c(ccc3c3ccc5cc6c(cc5c3[n+]2C)OCO6)OCO4)c2c3c(ccc2c2ccc4cc5c(cc4c21)OCO5)OCO3. The number of aromatic nitrogens is 2. The van der Waals surface area contributed by atoms with Crippen molar-refractivity contribution in [2.75, 3.05) is 27.2 Å². The minimum Gasteiger partial charge on any atom is -0.454 e. The summed E-state index contributed by atoms with van der Waals surface area (Å²) in [5.74, 6) is 6.52. The molecule has 0 bridgehead atoms. The van der Waals surface area contributed by atoms with Gasteiger partial charge in [-0.05, 0) is 71.4 Å². The van der Waals surface area contributed by atoms with Crippen LogP contribution >= 0.6 is 0 Å². The Morgan fingerprint density at radius 3 is 1.71 bits per heavy atom. The molecule has 0 atom stereocenters. The molecule has 4 aliphatic heterocycles. The van der Waals surface area contributed by atoms with Gasteiger partial charge in [0.2, 0.25) is 27.2 Å². The van der Waals surface area contributed by atoms with E-state index in [1.165, 1.54) is 0 Å². The van der Waals surface area contributed by atoms with E-state index in [2.05, 4.69) is 76.8 Å². The summed E-state index contributed by atoms with van der Waals surface area (Å²) >= 11 is 0. The van der Waals surface area contributed by atoms with Crippen LogP contribution in [0.25, 0.3) is 64.9 Å². The smallest absolute Gasteiger partial charge is 0.350 e. The first-order valence-electron chi connectivity index (χ1n) is 16.7. The lowest BCUT2D eigenvalue weighted by atomic mass is 9.99. The lowest BCUT2D eigenvalue weighted by Crippen LogP contribution is -2.77. The highest BCUT2D eigenvalue weighted by Gasteiger charge is 2.32. The normalized spacial score (nSPS) is 15.5. The number of benzene rings is 6. The van der Waals surface area contributed by atoms with E-state index >= 15 is 0 Å². The summed E-state index contributed by atoms with van der Waals surface area (Å²) in [5.41, 5.74) is 2.86. The van der Waals surface area contributed by atoms with Gasteiger partial charge in [0.25, 0.3) is 0 Å². The molecule has 0 spiro atoms. The van der Waals surface area contributed by atoms with Gasteiger partial charge in [-0.2, -0.15) is 14.1 Å². The van der Waals surface area contributed by atoms with Gasteiger partial charge in [-0.1, -0.05) is 12.1 Å². The second-order valence-electron chi connectivity index (χ2n) is 13.2. The van der Waals surface area contributed by atoms with Gasteiger partial charge in [-0.3, -0.25) is 0 Å². The number of nitrogens with zero attached hydrogens (tertiary/aromatic N) is 2. The predicted octanol–water partition coefficient (Wildman–Crippen LogP) is 5.00. The number of fused-ring (bicyclic) bond motifs is 16. The molecule has 11 nitrogen and oxygen atoms in total. The van der Waals surface area contributed by atoms with E-state index in [0.717, 1.165) is 99.2 Å². The summed E-state index contributed by atoms with van der Waals surface area (Å²) in [6.07, 6.45) is 0. The second-order valence-corrected chi connectivity index (χ2v) is 13.2. The van der Waals surface area contributed by atoms with Gasteiger partial charge in [0.05, 0.1) is 0 Å². The third-order valence-electron chi connectivity index (χ3n) is 10.7. The lowest BCUT2D eigenvalue weighted by Gasteiger charge is -2.12. The lowest BCUT2D eigenvalue weighted by molar-refractivity contribution is -0.698. The van der Waals surface area contributed by atoms with Crippen LogP contribution in [0.2, 0.25) is 0 Å². The third-order valence-corrected chi connectivity index (χ3v) is 10.7. The predicted molar refractivity (Wildman–Crippen MR) is 186 cm³/mol. The Morgan fingerprint density at radius 2 is 1.02 bits per heavy atom. The van der Waals surface area contributed by atoms with Crippen molar-refractivity contribution in [1.29, 1.82) is 0 Å². The zero-order chi connectivity index (χ0) is 33.5. The van der Waals surface area contributed by atoms with Crippen molar-refractivity contribution in [1.82, 2.24) is 4.57 Å². The van der Waals surface area contributed by atoms with Crippen LogP contribution in [-0.4, -0.2) is 31.7 Å². The Morgan fingerprint density at radius 1 is 0.510 bits per heavy atom. The molecule has 0 saturated carbocycles. The van der Waals surface area contributed by atoms with Gasteiger partial charge in [0.15, 0.2) is 57.0 Å². The molecule has 6 heterocycles. The summed E-state index contributed by atoms with van der Waals surface area (Å²) in [6, 6.07) is 25.0. The quantitative estimate of drug-likeness (QED) is 0.192. The molecule has 0 unspecified atom stereocenters. The highest BCUT2D eigenvalue weighted by atomic mass is 16.7. The molecule has 1 N–H and O–H groups in total. The maximum atomic E-state index is 6.21. The Labute approximate surface area is 287 Å². The molecule has 0 amide bonds. The van der Waals surface area contributed by atoms with E-state index in [-0.39, 0.29) is 27.2 Å². The molecular formula is C40H27N3O8+2. The fourth-order valence-electron chi connectivity index (χ4n) is 8.38. The van der Waals surface area contributed by atoms with Crippen LogP contribution in [0.5, 0.6) is 46.0 Å². The monoisotopic (exact) mass is 677 g/mol. The number of aryl methyl sites for hydroxylation is 2. The van der Waals surface area contributed by atoms with E-state index in [1.54, 1.807) is 0 Å². The van der Waals surface area contributed by atoms with Gasteiger partial charge < -0.3 is 37.9 Å². The number of hydrogen-bond donors (Lipinski definition) is 1. The molecule has 6 aromatic carbocycles. The molecule has 11 heteroatoms. The van der Waals surface area contributed by atoms with Crippen molar-refractivity contribution < 1.29 is 47.5 Å². The van der Waals surface area contributed by atoms with Crippen molar-refractivity contribution in [2.24, 2.45) is 14.1 Å². The molecule has 8 aromatic rings. The standard InChI is InChI=1S/C40H26N3O8/c1-42-35-23(5-3-19-11-29-31(13-25(19)35)48-15-46-29)21-7-9-27-37(50-17-44-27)33(21)39(42)41-40-34-22(8-10-28-38(34)51-18-45-28)24-6-4-20-12-30-32(49-16-47-30)14-26(20)36(24)43(40)2/h3-14H,15-18H2,1-2H3/q+1/p+1. The second kappa shape index (κ2) is 9.54. The van der Waals surface area contributed by atoms with Crippen LogP contribution in [-0.2, 0) is 14.1 Å². The van der Waals surface area contributed by atoms with E-state index < -0.39 is 0 Å².